The number of nitrogens with zero attached hydrogens (tertiary/aromatic N) is 2. The molecule has 0 unspecified atom stereocenters. The van der Waals surface area contributed by atoms with Gasteiger partial charge in [0.1, 0.15) is 0 Å². The molecule has 2 aliphatic rings. The highest BCUT2D eigenvalue weighted by Crippen LogP contribution is 2.16. The minimum absolute atomic E-state index is 0.0700. The molecular weight excluding hydrogens is 272 g/mol. The van der Waals surface area contributed by atoms with Crippen LogP contribution < -0.4 is 0 Å². The molecule has 2 aliphatic heterocycles. The summed E-state index contributed by atoms with van der Waals surface area (Å²) in [6.45, 7) is 0. The zero-order valence-electron chi connectivity index (χ0n) is 10.5. The smallest absolute Gasteiger partial charge is 0.293 e. The zero-order valence-corrected chi connectivity index (χ0v) is 10.5. The number of piperidine rings is 2. The highest BCUT2D eigenvalue weighted by molar-refractivity contribution is 5.98. The quantitative estimate of drug-likeness (QED) is 0.658. The molecule has 0 atom stereocenters. The van der Waals surface area contributed by atoms with Crippen LogP contribution in [0.4, 0.5) is 4.79 Å². The molecule has 0 bridgehead atoms. The van der Waals surface area contributed by atoms with Crippen molar-refractivity contribution in [3.63, 3.8) is 0 Å². The van der Waals surface area contributed by atoms with Crippen molar-refractivity contribution >= 4 is 29.8 Å². The summed E-state index contributed by atoms with van der Waals surface area (Å²) >= 11 is 0. The molecule has 9 nitrogen and oxygen atoms in total. The van der Waals surface area contributed by atoms with E-state index in [0.717, 1.165) is 0 Å². The van der Waals surface area contributed by atoms with Crippen LogP contribution in [0.2, 0.25) is 0 Å². The highest BCUT2D eigenvalue weighted by Gasteiger charge is 2.34. The van der Waals surface area contributed by atoms with E-state index in [4.69, 9.17) is 0 Å². The second-order valence-electron chi connectivity index (χ2n) is 4.30. The maximum Gasteiger partial charge on any atom is 0.560 e. The standard InChI is InChI=1S/C11H12N2O7/c14-7-3-1-4-8(15)12(7)19-11(18)20-13-9(16)5-2-6-10(13)17/h1-6H2. The molecule has 0 aromatic carbocycles. The molecule has 0 saturated carbocycles. The molecule has 2 fully saturated rings. The lowest BCUT2D eigenvalue weighted by Gasteiger charge is -2.25. The van der Waals surface area contributed by atoms with Crippen LogP contribution in [0.25, 0.3) is 0 Å². The third kappa shape index (κ3) is 2.92. The summed E-state index contributed by atoms with van der Waals surface area (Å²) in [6.07, 6.45) is -0.425. The van der Waals surface area contributed by atoms with Crippen molar-refractivity contribution in [2.24, 2.45) is 0 Å². The highest BCUT2D eigenvalue weighted by atomic mass is 16.9. The SMILES string of the molecule is O=C(ON1C(=O)CCCC1=O)ON1C(=O)CCCC1=O. The molecule has 0 radical (unpaired) electrons. The van der Waals surface area contributed by atoms with Gasteiger partial charge in [0.25, 0.3) is 23.6 Å². The first-order valence-corrected chi connectivity index (χ1v) is 6.10. The van der Waals surface area contributed by atoms with Gasteiger partial charge >= 0.3 is 6.16 Å². The lowest BCUT2D eigenvalue weighted by molar-refractivity contribution is -0.209. The molecule has 0 aromatic rings. The second kappa shape index (κ2) is 5.68. The van der Waals surface area contributed by atoms with Gasteiger partial charge < -0.3 is 0 Å². The van der Waals surface area contributed by atoms with Crippen molar-refractivity contribution in [3.05, 3.63) is 0 Å². The minimum atomic E-state index is -1.47. The van der Waals surface area contributed by atoms with E-state index in [-0.39, 0.29) is 25.7 Å². The Balaban J connectivity index is 1.94. The van der Waals surface area contributed by atoms with Crippen LogP contribution in [0.15, 0.2) is 0 Å². The van der Waals surface area contributed by atoms with E-state index in [1.165, 1.54) is 0 Å². The second-order valence-corrected chi connectivity index (χ2v) is 4.30. The number of hydroxylamine groups is 4. The Bertz CT molecular complexity index is 413. The van der Waals surface area contributed by atoms with E-state index in [1.54, 1.807) is 0 Å². The molecule has 2 saturated heterocycles. The molecule has 0 aromatic heterocycles. The molecular formula is C11H12N2O7. The first-order chi connectivity index (χ1) is 9.49. The zero-order chi connectivity index (χ0) is 14.7. The Labute approximate surface area is 113 Å². The van der Waals surface area contributed by atoms with Gasteiger partial charge in [-0.1, -0.05) is 10.1 Å². The van der Waals surface area contributed by atoms with Crippen LogP contribution >= 0.6 is 0 Å². The van der Waals surface area contributed by atoms with Crippen molar-refractivity contribution < 1.29 is 33.6 Å². The van der Waals surface area contributed by atoms with Crippen LogP contribution in [0.5, 0.6) is 0 Å². The van der Waals surface area contributed by atoms with Gasteiger partial charge in [0, 0.05) is 25.7 Å². The van der Waals surface area contributed by atoms with E-state index in [0.29, 0.717) is 23.0 Å². The van der Waals surface area contributed by atoms with Crippen molar-refractivity contribution in [2.45, 2.75) is 38.5 Å². The van der Waals surface area contributed by atoms with E-state index < -0.39 is 29.8 Å². The molecule has 0 spiro atoms. The fourth-order valence-corrected chi connectivity index (χ4v) is 1.84. The summed E-state index contributed by atoms with van der Waals surface area (Å²) in [5.74, 6) is -2.69. The summed E-state index contributed by atoms with van der Waals surface area (Å²) in [4.78, 5) is 65.9. The Morgan fingerprint density at radius 3 is 1.30 bits per heavy atom. The van der Waals surface area contributed by atoms with Crippen molar-refractivity contribution in [2.75, 3.05) is 0 Å². The lowest BCUT2D eigenvalue weighted by Crippen LogP contribution is -2.45. The third-order valence-corrected chi connectivity index (χ3v) is 2.80. The van der Waals surface area contributed by atoms with Crippen molar-refractivity contribution in [1.82, 2.24) is 10.1 Å². The molecule has 9 heteroatoms. The number of rotatable bonds is 2. The van der Waals surface area contributed by atoms with Crippen LogP contribution in [0, 0.1) is 0 Å². The predicted molar refractivity (Wildman–Crippen MR) is 59.0 cm³/mol. The molecule has 4 amide bonds. The number of amides is 4. The molecule has 0 N–H and O–H groups in total. The Hall–Kier alpha value is -2.45. The van der Waals surface area contributed by atoms with E-state index in [2.05, 4.69) is 9.68 Å². The minimum Gasteiger partial charge on any atom is -0.293 e. The average molecular weight is 284 g/mol. The fraction of sp³-hybridized carbons (Fsp3) is 0.545. The number of carbonyl (C=O) groups is 5. The molecule has 2 rings (SSSR count). The van der Waals surface area contributed by atoms with E-state index in [9.17, 15) is 24.0 Å². The molecule has 0 aliphatic carbocycles. The van der Waals surface area contributed by atoms with Gasteiger partial charge in [-0.05, 0) is 12.8 Å². The summed E-state index contributed by atoms with van der Waals surface area (Å²) in [7, 11) is 0. The number of carbonyl (C=O) groups excluding carboxylic acids is 5. The first kappa shape index (κ1) is 14.0. The monoisotopic (exact) mass is 284 g/mol. The van der Waals surface area contributed by atoms with Crippen LogP contribution in [0.3, 0.4) is 0 Å². The maximum absolute atomic E-state index is 11.4. The fourth-order valence-electron chi connectivity index (χ4n) is 1.84. The summed E-state index contributed by atoms with van der Waals surface area (Å²) in [5, 5.41) is 0.593. The van der Waals surface area contributed by atoms with Crippen molar-refractivity contribution in [3.8, 4) is 0 Å². The molecule has 20 heavy (non-hydrogen) atoms. The Morgan fingerprint density at radius 1 is 0.700 bits per heavy atom. The van der Waals surface area contributed by atoms with Gasteiger partial charge in [0.2, 0.25) is 0 Å². The largest absolute Gasteiger partial charge is 0.560 e. The van der Waals surface area contributed by atoms with Gasteiger partial charge in [0.05, 0.1) is 0 Å². The lowest BCUT2D eigenvalue weighted by atomic mass is 10.1. The summed E-state index contributed by atoms with van der Waals surface area (Å²) in [5.41, 5.74) is 0. The topological polar surface area (TPSA) is 110 Å². The van der Waals surface area contributed by atoms with Gasteiger partial charge in [-0.3, -0.25) is 28.9 Å². The Kier molecular flexibility index (Phi) is 3.97. The number of hydrogen-bond donors (Lipinski definition) is 0. The molecule has 108 valence electrons. The van der Waals surface area contributed by atoms with Gasteiger partial charge in [-0.15, -0.1) is 0 Å². The van der Waals surface area contributed by atoms with Gasteiger partial charge in [-0.25, -0.2) is 0 Å². The maximum atomic E-state index is 11.4. The normalized spacial score (nSPS) is 20.2. The summed E-state index contributed by atoms with van der Waals surface area (Å²) < 4.78 is 0. The van der Waals surface area contributed by atoms with Crippen molar-refractivity contribution in [1.29, 1.82) is 0 Å². The van der Waals surface area contributed by atoms with Gasteiger partial charge in [-0.2, -0.15) is 4.79 Å². The molecule has 2 heterocycles. The van der Waals surface area contributed by atoms with Gasteiger partial charge in [0.15, 0.2) is 0 Å². The van der Waals surface area contributed by atoms with Crippen LogP contribution in [-0.2, 0) is 28.9 Å². The van der Waals surface area contributed by atoms with Crippen LogP contribution in [-0.4, -0.2) is 39.9 Å². The van der Waals surface area contributed by atoms with Crippen LogP contribution in [0.1, 0.15) is 38.5 Å². The summed E-state index contributed by atoms with van der Waals surface area (Å²) in [6, 6.07) is 0. The average Bonchev–Trinajstić information content (AvgIpc) is 2.39. The van der Waals surface area contributed by atoms with E-state index >= 15 is 0 Å². The van der Waals surface area contributed by atoms with E-state index in [1.807, 2.05) is 0 Å². The third-order valence-electron chi connectivity index (χ3n) is 2.80. The number of imide groups is 2. The Morgan fingerprint density at radius 2 is 1.00 bits per heavy atom. The first-order valence-electron chi connectivity index (χ1n) is 6.10. The number of hydrogen-bond acceptors (Lipinski definition) is 7. The predicted octanol–water partition coefficient (Wildman–Crippen LogP) is 0.0478.